The van der Waals surface area contributed by atoms with Crippen LogP contribution in [0, 0.1) is 0 Å². The molecule has 27 heavy (non-hydrogen) atoms. The number of benzene rings is 1. The van der Waals surface area contributed by atoms with Crippen LogP contribution in [0.1, 0.15) is 49.4 Å². The molecule has 7 nitrogen and oxygen atoms in total. The van der Waals surface area contributed by atoms with E-state index in [1.54, 1.807) is 31.2 Å². The lowest BCUT2D eigenvalue weighted by Crippen LogP contribution is -2.48. The number of hydrogen-bond donors (Lipinski definition) is 1. The molecule has 1 aromatic carbocycles. The van der Waals surface area contributed by atoms with Gasteiger partial charge >= 0.3 is 6.09 Å². The lowest BCUT2D eigenvalue weighted by Gasteiger charge is -2.33. The summed E-state index contributed by atoms with van der Waals surface area (Å²) >= 11 is 0. The fourth-order valence-electron chi connectivity index (χ4n) is 3.50. The highest BCUT2D eigenvalue weighted by molar-refractivity contribution is 5.98. The molecule has 1 aromatic rings. The minimum absolute atomic E-state index is 0.0152. The molecule has 1 heterocycles. The van der Waals surface area contributed by atoms with Gasteiger partial charge in [-0.15, -0.1) is 0 Å². The van der Waals surface area contributed by atoms with E-state index in [9.17, 15) is 14.4 Å². The first-order valence-corrected chi connectivity index (χ1v) is 9.46. The van der Waals surface area contributed by atoms with E-state index in [-0.39, 0.29) is 12.4 Å². The predicted octanol–water partition coefficient (Wildman–Crippen LogP) is 2.85. The average Bonchev–Trinajstić information content (AvgIpc) is 3.21. The summed E-state index contributed by atoms with van der Waals surface area (Å²) in [5.41, 5.74) is 4.14. The van der Waals surface area contributed by atoms with Crippen molar-refractivity contribution in [1.29, 1.82) is 0 Å². The Kier molecular flexibility index (Phi) is 6.11. The molecule has 0 spiro atoms. The molecule has 1 saturated heterocycles. The second-order valence-electron chi connectivity index (χ2n) is 6.61. The van der Waals surface area contributed by atoms with Crippen molar-refractivity contribution in [2.45, 2.75) is 39.0 Å². The van der Waals surface area contributed by atoms with Gasteiger partial charge < -0.3 is 9.64 Å². The fourth-order valence-corrected chi connectivity index (χ4v) is 3.50. The van der Waals surface area contributed by atoms with Crippen molar-refractivity contribution in [2.75, 3.05) is 19.7 Å². The Morgan fingerprint density at radius 3 is 2.48 bits per heavy atom. The number of ether oxygens (including phenoxy) is 1. The van der Waals surface area contributed by atoms with Crippen molar-refractivity contribution in [2.24, 2.45) is 0 Å². The van der Waals surface area contributed by atoms with Crippen molar-refractivity contribution >= 4 is 17.8 Å². The van der Waals surface area contributed by atoms with E-state index in [1.807, 2.05) is 11.0 Å². The number of hydrazine groups is 1. The number of Topliss-reactive ketones (excluding diaryl/α,β-unsaturated/α-hetero) is 1. The van der Waals surface area contributed by atoms with Crippen LogP contribution in [0.4, 0.5) is 4.79 Å². The predicted molar refractivity (Wildman–Crippen MR) is 99.5 cm³/mol. The Hall–Kier alpha value is -2.83. The van der Waals surface area contributed by atoms with Crippen LogP contribution < -0.4 is 5.43 Å². The van der Waals surface area contributed by atoms with Crippen LogP contribution in [0.5, 0.6) is 0 Å². The Bertz CT molecular complexity index is 739. The van der Waals surface area contributed by atoms with Gasteiger partial charge in [0.1, 0.15) is 5.70 Å². The van der Waals surface area contributed by atoms with Gasteiger partial charge in [0.15, 0.2) is 5.78 Å². The van der Waals surface area contributed by atoms with Gasteiger partial charge in [0.25, 0.3) is 5.91 Å². The van der Waals surface area contributed by atoms with E-state index in [2.05, 4.69) is 5.43 Å². The first kappa shape index (κ1) is 18.9. The third kappa shape index (κ3) is 4.30. The highest BCUT2D eigenvalue weighted by Crippen LogP contribution is 2.29. The highest BCUT2D eigenvalue weighted by Gasteiger charge is 2.34. The summed E-state index contributed by atoms with van der Waals surface area (Å²) in [5, 5.41) is 1.13. The van der Waals surface area contributed by atoms with Gasteiger partial charge in [0.2, 0.25) is 0 Å². The standard InChI is InChI=1S/C20H25N3O4/c1-2-27-20(26)23(21-19(25)15-9-4-3-5-10-15)16-11-8-12-17(24)18(16)22-13-6-7-14-22/h3-5,9-10H,2,6-8,11-14H2,1H3,(H,21,25). The van der Waals surface area contributed by atoms with Crippen LogP contribution in [0.15, 0.2) is 41.7 Å². The zero-order chi connectivity index (χ0) is 19.2. The molecule has 0 saturated carbocycles. The lowest BCUT2D eigenvalue weighted by atomic mass is 9.98. The lowest BCUT2D eigenvalue weighted by molar-refractivity contribution is -0.117. The number of carbonyl (C=O) groups excluding carboxylic acids is 3. The molecule has 7 heteroatoms. The second-order valence-corrected chi connectivity index (χ2v) is 6.61. The third-order valence-electron chi connectivity index (χ3n) is 4.75. The molecular formula is C20H25N3O4. The molecule has 0 radical (unpaired) electrons. The number of nitrogens with zero attached hydrogens (tertiary/aromatic N) is 2. The maximum absolute atomic E-state index is 12.6. The SMILES string of the molecule is CCOC(=O)N(NC(=O)c1ccccc1)C1=C(N2CCCC2)C(=O)CCC1. The summed E-state index contributed by atoms with van der Waals surface area (Å²) in [6.45, 7) is 3.45. The van der Waals surface area contributed by atoms with Gasteiger partial charge in [-0.05, 0) is 44.7 Å². The Balaban J connectivity index is 1.95. The van der Waals surface area contributed by atoms with Crippen LogP contribution in [0.2, 0.25) is 0 Å². The molecule has 2 aliphatic rings. The molecule has 1 N–H and O–H groups in total. The zero-order valence-corrected chi connectivity index (χ0v) is 15.6. The summed E-state index contributed by atoms with van der Waals surface area (Å²) in [4.78, 5) is 39.9. The van der Waals surface area contributed by atoms with Gasteiger partial charge in [-0.3, -0.25) is 15.0 Å². The molecule has 1 aliphatic heterocycles. The van der Waals surface area contributed by atoms with Crippen molar-refractivity contribution < 1.29 is 19.1 Å². The van der Waals surface area contributed by atoms with Crippen LogP contribution in [0.25, 0.3) is 0 Å². The van der Waals surface area contributed by atoms with Gasteiger partial charge in [0, 0.05) is 25.1 Å². The molecule has 0 unspecified atom stereocenters. The monoisotopic (exact) mass is 371 g/mol. The normalized spacial score (nSPS) is 17.1. The van der Waals surface area contributed by atoms with Gasteiger partial charge in [0.05, 0.1) is 12.3 Å². The summed E-state index contributed by atoms with van der Waals surface area (Å²) in [6, 6.07) is 8.65. The molecule has 0 atom stereocenters. The van der Waals surface area contributed by atoms with E-state index in [0.717, 1.165) is 30.9 Å². The molecule has 0 bridgehead atoms. The van der Waals surface area contributed by atoms with Crippen molar-refractivity contribution in [3.63, 3.8) is 0 Å². The van der Waals surface area contributed by atoms with E-state index >= 15 is 0 Å². The Labute approximate surface area is 158 Å². The van der Waals surface area contributed by atoms with E-state index in [1.165, 1.54) is 0 Å². The Morgan fingerprint density at radius 1 is 1.11 bits per heavy atom. The smallest absolute Gasteiger partial charge is 0.433 e. The first-order valence-electron chi connectivity index (χ1n) is 9.46. The summed E-state index contributed by atoms with van der Waals surface area (Å²) in [7, 11) is 0. The highest BCUT2D eigenvalue weighted by atomic mass is 16.6. The number of carbonyl (C=O) groups is 3. The van der Waals surface area contributed by atoms with E-state index in [4.69, 9.17) is 4.74 Å². The number of rotatable bonds is 4. The van der Waals surface area contributed by atoms with Crippen LogP contribution in [0.3, 0.4) is 0 Å². The minimum atomic E-state index is -0.678. The number of ketones is 1. The molecule has 1 aliphatic carbocycles. The number of allylic oxidation sites excluding steroid dienone is 2. The van der Waals surface area contributed by atoms with Crippen molar-refractivity contribution in [3.8, 4) is 0 Å². The molecule has 0 aromatic heterocycles. The quantitative estimate of drug-likeness (QED) is 0.824. The van der Waals surface area contributed by atoms with Gasteiger partial charge in [-0.25, -0.2) is 4.79 Å². The summed E-state index contributed by atoms with van der Waals surface area (Å²) in [6.07, 6.45) is 2.98. The van der Waals surface area contributed by atoms with Crippen molar-refractivity contribution in [1.82, 2.24) is 15.3 Å². The number of hydrogen-bond acceptors (Lipinski definition) is 5. The summed E-state index contributed by atoms with van der Waals surface area (Å²) in [5.74, 6) is -0.406. The van der Waals surface area contributed by atoms with E-state index < -0.39 is 12.0 Å². The van der Waals surface area contributed by atoms with Crippen LogP contribution in [-0.2, 0) is 9.53 Å². The van der Waals surface area contributed by atoms with E-state index in [0.29, 0.717) is 36.2 Å². The largest absolute Gasteiger partial charge is 0.448 e. The summed E-state index contributed by atoms with van der Waals surface area (Å²) < 4.78 is 5.15. The van der Waals surface area contributed by atoms with Crippen LogP contribution >= 0.6 is 0 Å². The maximum Gasteiger partial charge on any atom is 0.433 e. The number of nitrogens with one attached hydrogen (secondary N) is 1. The average molecular weight is 371 g/mol. The molecular weight excluding hydrogens is 346 g/mol. The first-order chi connectivity index (χ1) is 13.1. The molecule has 144 valence electrons. The number of amides is 2. The second kappa shape index (κ2) is 8.70. The number of likely N-dealkylation sites (tertiary alicyclic amines) is 1. The zero-order valence-electron chi connectivity index (χ0n) is 15.6. The van der Waals surface area contributed by atoms with Crippen molar-refractivity contribution in [3.05, 3.63) is 47.3 Å². The molecule has 2 amide bonds. The molecule has 1 fully saturated rings. The van der Waals surface area contributed by atoms with Gasteiger partial charge in [-0.2, -0.15) is 5.01 Å². The topological polar surface area (TPSA) is 79.0 Å². The van der Waals surface area contributed by atoms with Gasteiger partial charge in [-0.1, -0.05) is 18.2 Å². The maximum atomic E-state index is 12.6. The molecule has 3 rings (SSSR count). The Morgan fingerprint density at radius 2 is 1.81 bits per heavy atom. The minimum Gasteiger partial charge on any atom is -0.448 e. The van der Waals surface area contributed by atoms with Crippen LogP contribution in [-0.4, -0.2) is 47.4 Å². The third-order valence-corrected chi connectivity index (χ3v) is 4.75. The fraction of sp³-hybridized carbons (Fsp3) is 0.450.